The molecular formula is C18H22ClN3O3. The summed E-state index contributed by atoms with van der Waals surface area (Å²) in [7, 11) is 1.63. The largest absolute Gasteiger partial charge is 0.459 e. The highest BCUT2D eigenvalue weighted by Gasteiger charge is 2.22. The lowest BCUT2D eigenvalue weighted by atomic mass is 10.1. The standard InChI is InChI=1S/C18H21N3O3.ClH/c1-21(18(23)16-9-5-11-24-16)15-8-3-2-7-14(15)17(22)20-12-13-6-4-10-19-13;/h2-3,5,7-9,11,13,19H,4,6,10,12H2,1H3,(H,20,22);1H. The molecule has 1 aliphatic rings. The fraction of sp³-hybridized carbons (Fsp3) is 0.333. The Morgan fingerprint density at radius 1 is 1.28 bits per heavy atom. The highest BCUT2D eigenvalue weighted by atomic mass is 35.5. The summed E-state index contributed by atoms with van der Waals surface area (Å²) in [6, 6.07) is 10.7. The summed E-state index contributed by atoms with van der Waals surface area (Å²) in [6.07, 6.45) is 3.66. The predicted molar refractivity (Wildman–Crippen MR) is 98.5 cm³/mol. The van der Waals surface area contributed by atoms with Crippen molar-refractivity contribution in [1.82, 2.24) is 10.6 Å². The van der Waals surface area contributed by atoms with Crippen LogP contribution in [0.5, 0.6) is 0 Å². The van der Waals surface area contributed by atoms with Gasteiger partial charge in [0.1, 0.15) is 0 Å². The molecule has 6 nitrogen and oxygen atoms in total. The minimum Gasteiger partial charge on any atom is -0.459 e. The van der Waals surface area contributed by atoms with Gasteiger partial charge in [0.25, 0.3) is 11.8 Å². The van der Waals surface area contributed by atoms with Crippen LogP contribution in [0.2, 0.25) is 0 Å². The van der Waals surface area contributed by atoms with E-state index >= 15 is 0 Å². The zero-order valence-corrected chi connectivity index (χ0v) is 14.8. The van der Waals surface area contributed by atoms with Crippen molar-refractivity contribution >= 4 is 29.9 Å². The third kappa shape index (κ3) is 4.41. The Hall–Kier alpha value is -2.31. The van der Waals surface area contributed by atoms with Crippen molar-refractivity contribution in [3.8, 4) is 0 Å². The van der Waals surface area contributed by atoms with Gasteiger partial charge in [0, 0.05) is 19.6 Å². The first-order chi connectivity index (χ1) is 11.7. The average Bonchev–Trinajstić information content (AvgIpc) is 3.31. The van der Waals surface area contributed by atoms with E-state index in [9.17, 15) is 9.59 Å². The first-order valence-corrected chi connectivity index (χ1v) is 8.09. The maximum absolute atomic E-state index is 12.5. The van der Waals surface area contributed by atoms with E-state index in [-0.39, 0.29) is 30.0 Å². The molecule has 2 amide bonds. The Morgan fingerprint density at radius 2 is 2.08 bits per heavy atom. The van der Waals surface area contributed by atoms with Crippen LogP contribution in [0.1, 0.15) is 33.8 Å². The van der Waals surface area contributed by atoms with Gasteiger partial charge in [0.15, 0.2) is 5.76 Å². The van der Waals surface area contributed by atoms with Crippen LogP contribution < -0.4 is 15.5 Å². The molecule has 0 aliphatic carbocycles. The number of nitrogens with one attached hydrogen (secondary N) is 2. The van der Waals surface area contributed by atoms with Crippen molar-refractivity contribution < 1.29 is 14.0 Å². The van der Waals surface area contributed by atoms with Crippen LogP contribution in [0.4, 0.5) is 5.69 Å². The smallest absolute Gasteiger partial charge is 0.293 e. The number of hydrogen-bond donors (Lipinski definition) is 2. The highest BCUT2D eigenvalue weighted by Crippen LogP contribution is 2.21. The minimum absolute atomic E-state index is 0. The summed E-state index contributed by atoms with van der Waals surface area (Å²) in [4.78, 5) is 26.4. The number of anilines is 1. The third-order valence-corrected chi connectivity index (χ3v) is 4.22. The topological polar surface area (TPSA) is 74.6 Å². The van der Waals surface area contributed by atoms with Crippen LogP contribution in [0.15, 0.2) is 47.1 Å². The molecule has 1 aliphatic heterocycles. The number of rotatable bonds is 5. The van der Waals surface area contributed by atoms with Crippen LogP contribution in [0.25, 0.3) is 0 Å². The highest BCUT2D eigenvalue weighted by molar-refractivity contribution is 6.09. The second-order valence-corrected chi connectivity index (χ2v) is 5.86. The maximum atomic E-state index is 12.5. The van der Waals surface area contributed by atoms with Crippen LogP contribution in [-0.4, -0.2) is 38.0 Å². The van der Waals surface area contributed by atoms with Gasteiger partial charge < -0.3 is 20.0 Å². The van der Waals surface area contributed by atoms with E-state index in [0.717, 1.165) is 19.4 Å². The summed E-state index contributed by atoms with van der Waals surface area (Å²) < 4.78 is 5.15. The Kier molecular flexibility index (Phi) is 6.61. The van der Waals surface area contributed by atoms with Gasteiger partial charge in [0.2, 0.25) is 0 Å². The van der Waals surface area contributed by atoms with Crippen molar-refractivity contribution in [3.63, 3.8) is 0 Å². The number of amides is 2. The van der Waals surface area contributed by atoms with Gasteiger partial charge in [-0.2, -0.15) is 0 Å². The summed E-state index contributed by atoms with van der Waals surface area (Å²) in [6.45, 7) is 1.58. The van der Waals surface area contributed by atoms with Crippen molar-refractivity contribution in [2.75, 3.05) is 25.0 Å². The number of nitrogens with zero attached hydrogens (tertiary/aromatic N) is 1. The monoisotopic (exact) mass is 363 g/mol. The second kappa shape index (κ2) is 8.69. The normalized spacial score (nSPS) is 16.1. The van der Waals surface area contributed by atoms with Crippen molar-refractivity contribution in [1.29, 1.82) is 0 Å². The average molecular weight is 364 g/mol. The van der Waals surface area contributed by atoms with Crippen LogP contribution in [0.3, 0.4) is 0 Å². The lowest BCUT2D eigenvalue weighted by Crippen LogP contribution is -2.38. The molecule has 134 valence electrons. The van der Waals surface area contributed by atoms with Gasteiger partial charge in [-0.05, 0) is 43.7 Å². The molecule has 1 saturated heterocycles. The van der Waals surface area contributed by atoms with E-state index in [1.165, 1.54) is 11.2 Å². The van der Waals surface area contributed by atoms with Crippen molar-refractivity contribution in [3.05, 3.63) is 54.0 Å². The maximum Gasteiger partial charge on any atom is 0.293 e. The quantitative estimate of drug-likeness (QED) is 0.855. The molecule has 1 unspecified atom stereocenters. The van der Waals surface area contributed by atoms with E-state index in [0.29, 0.717) is 23.8 Å². The minimum atomic E-state index is -0.294. The molecule has 25 heavy (non-hydrogen) atoms. The molecule has 2 aromatic rings. The molecule has 0 bridgehead atoms. The predicted octanol–water partition coefficient (Wildman–Crippen LogP) is 2.46. The number of hydrogen-bond acceptors (Lipinski definition) is 4. The van der Waals surface area contributed by atoms with Gasteiger partial charge >= 0.3 is 0 Å². The van der Waals surface area contributed by atoms with Crippen LogP contribution in [0, 0.1) is 0 Å². The van der Waals surface area contributed by atoms with Gasteiger partial charge in [-0.15, -0.1) is 12.4 Å². The molecule has 0 radical (unpaired) electrons. The zero-order valence-electron chi connectivity index (χ0n) is 14.0. The lowest BCUT2D eigenvalue weighted by Gasteiger charge is -2.20. The Balaban J connectivity index is 0.00000225. The van der Waals surface area contributed by atoms with E-state index in [4.69, 9.17) is 4.42 Å². The SMILES string of the molecule is CN(C(=O)c1ccco1)c1ccccc1C(=O)NCC1CCCN1.Cl. The van der Waals surface area contributed by atoms with Gasteiger partial charge in [-0.1, -0.05) is 12.1 Å². The molecule has 1 fully saturated rings. The molecule has 2 N–H and O–H groups in total. The molecule has 1 aromatic carbocycles. The van der Waals surface area contributed by atoms with E-state index in [1.54, 1.807) is 43.4 Å². The Bertz CT molecular complexity index is 712. The molecule has 0 saturated carbocycles. The Labute approximate surface area is 153 Å². The number of carbonyl (C=O) groups is 2. The number of halogens is 1. The molecule has 7 heteroatoms. The molecule has 2 heterocycles. The summed E-state index contributed by atoms with van der Waals surface area (Å²) in [5.74, 6) is -0.237. The molecule has 1 aromatic heterocycles. The van der Waals surface area contributed by atoms with Crippen molar-refractivity contribution in [2.24, 2.45) is 0 Å². The second-order valence-electron chi connectivity index (χ2n) is 5.86. The van der Waals surface area contributed by atoms with E-state index in [1.807, 2.05) is 0 Å². The van der Waals surface area contributed by atoms with Crippen molar-refractivity contribution in [2.45, 2.75) is 18.9 Å². The molecule has 1 atom stereocenters. The zero-order chi connectivity index (χ0) is 16.9. The lowest BCUT2D eigenvalue weighted by molar-refractivity contribution is 0.0950. The number of furan rings is 1. The molecule has 0 spiro atoms. The summed E-state index contributed by atoms with van der Waals surface area (Å²) >= 11 is 0. The van der Waals surface area contributed by atoms with Gasteiger partial charge in [-0.3, -0.25) is 9.59 Å². The van der Waals surface area contributed by atoms with Crippen LogP contribution >= 0.6 is 12.4 Å². The van der Waals surface area contributed by atoms with Gasteiger partial charge in [-0.25, -0.2) is 0 Å². The Morgan fingerprint density at radius 3 is 2.76 bits per heavy atom. The fourth-order valence-electron chi connectivity index (χ4n) is 2.88. The van der Waals surface area contributed by atoms with Crippen LogP contribution in [-0.2, 0) is 0 Å². The third-order valence-electron chi connectivity index (χ3n) is 4.22. The number of benzene rings is 1. The number of para-hydroxylation sites is 1. The van der Waals surface area contributed by atoms with E-state index in [2.05, 4.69) is 10.6 Å². The summed E-state index contributed by atoms with van der Waals surface area (Å²) in [5.41, 5.74) is 1.02. The summed E-state index contributed by atoms with van der Waals surface area (Å²) in [5, 5.41) is 6.29. The van der Waals surface area contributed by atoms with Gasteiger partial charge in [0.05, 0.1) is 17.5 Å². The first-order valence-electron chi connectivity index (χ1n) is 8.09. The van der Waals surface area contributed by atoms with E-state index < -0.39 is 0 Å². The fourth-order valence-corrected chi connectivity index (χ4v) is 2.88. The first kappa shape index (κ1) is 19.0. The molecular weight excluding hydrogens is 342 g/mol. The number of carbonyl (C=O) groups excluding carboxylic acids is 2. The molecule has 3 rings (SSSR count).